The fourth-order valence-corrected chi connectivity index (χ4v) is 3.27. The first-order chi connectivity index (χ1) is 11.1. The molecule has 118 valence electrons. The number of aryl methyl sites for hydroxylation is 1. The Hall–Kier alpha value is -2.47. The summed E-state index contributed by atoms with van der Waals surface area (Å²) in [5, 5.41) is 2.16. The standard InChI is InChI=1S/C17H16N2O3S/c1-11-5-3-7-13(9-11)19-16(20)15(23-17(19)21)18-12-6-4-8-14(10-12)22-2/h3-10,15,18H,1-2H3/t15-/m0/s1. The Balaban J connectivity index is 1.81. The minimum Gasteiger partial charge on any atom is -0.497 e. The van der Waals surface area contributed by atoms with Crippen molar-refractivity contribution in [1.82, 2.24) is 0 Å². The molecule has 1 aliphatic rings. The third kappa shape index (κ3) is 3.17. The first-order valence-corrected chi connectivity index (χ1v) is 7.98. The van der Waals surface area contributed by atoms with Crippen molar-refractivity contribution >= 4 is 34.3 Å². The normalized spacial score (nSPS) is 17.5. The van der Waals surface area contributed by atoms with Crippen LogP contribution < -0.4 is 15.0 Å². The first kappa shape index (κ1) is 15.4. The summed E-state index contributed by atoms with van der Waals surface area (Å²) in [5.74, 6) is 0.417. The van der Waals surface area contributed by atoms with E-state index >= 15 is 0 Å². The Labute approximate surface area is 138 Å². The first-order valence-electron chi connectivity index (χ1n) is 7.10. The number of carbonyl (C=O) groups is 2. The molecule has 23 heavy (non-hydrogen) atoms. The number of nitrogens with zero attached hydrogens (tertiary/aromatic N) is 1. The van der Waals surface area contributed by atoms with Gasteiger partial charge in [0.1, 0.15) is 5.75 Å². The van der Waals surface area contributed by atoms with Gasteiger partial charge in [-0.05, 0) is 48.5 Å². The van der Waals surface area contributed by atoms with Crippen LogP contribution in [-0.2, 0) is 4.79 Å². The summed E-state index contributed by atoms with van der Waals surface area (Å²) in [6.07, 6.45) is 0. The third-order valence-corrected chi connectivity index (χ3v) is 4.41. The average Bonchev–Trinajstić information content (AvgIpc) is 2.81. The highest BCUT2D eigenvalue weighted by Crippen LogP contribution is 2.33. The minimum absolute atomic E-state index is 0.270. The molecule has 0 saturated carbocycles. The van der Waals surface area contributed by atoms with Crippen molar-refractivity contribution in [2.75, 3.05) is 17.3 Å². The number of thioether (sulfide) groups is 1. The SMILES string of the molecule is COc1cccc(N[C@H]2SC(=O)N(c3cccc(C)c3)C2=O)c1. The number of ether oxygens (including phenoxy) is 1. The Morgan fingerprint density at radius 3 is 2.65 bits per heavy atom. The van der Waals surface area contributed by atoms with Crippen LogP contribution in [0.4, 0.5) is 16.2 Å². The number of nitrogens with one attached hydrogen (secondary N) is 1. The molecule has 0 aliphatic carbocycles. The van der Waals surface area contributed by atoms with E-state index in [4.69, 9.17) is 4.74 Å². The van der Waals surface area contributed by atoms with E-state index in [-0.39, 0.29) is 11.1 Å². The molecule has 1 N–H and O–H groups in total. The van der Waals surface area contributed by atoms with Crippen molar-refractivity contribution < 1.29 is 14.3 Å². The van der Waals surface area contributed by atoms with Gasteiger partial charge in [-0.15, -0.1) is 0 Å². The van der Waals surface area contributed by atoms with Crippen LogP contribution in [0.3, 0.4) is 0 Å². The fraction of sp³-hybridized carbons (Fsp3) is 0.176. The number of benzene rings is 2. The van der Waals surface area contributed by atoms with E-state index in [9.17, 15) is 9.59 Å². The lowest BCUT2D eigenvalue weighted by atomic mass is 10.2. The van der Waals surface area contributed by atoms with Gasteiger partial charge in [-0.3, -0.25) is 9.59 Å². The molecule has 0 unspecified atom stereocenters. The van der Waals surface area contributed by atoms with E-state index in [2.05, 4.69) is 5.32 Å². The van der Waals surface area contributed by atoms with Crippen LogP contribution in [0.15, 0.2) is 48.5 Å². The van der Waals surface area contributed by atoms with E-state index in [0.717, 1.165) is 23.0 Å². The molecule has 1 heterocycles. The third-order valence-electron chi connectivity index (χ3n) is 3.47. The Morgan fingerprint density at radius 2 is 1.91 bits per heavy atom. The van der Waals surface area contributed by atoms with E-state index in [1.165, 1.54) is 4.90 Å². The predicted molar refractivity (Wildman–Crippen MR) is 92.1 cm³/mol. The summed E-state index contributed by atoms with van der Waals surface area (Å²) in [5.41, 5.74) is 2.33. The largest absolute Gasteiger partial charge is 0.497 e. The summed E-state index contributed by atoms with van der Waals surface area (Å²) in [6.45, 7) is 1.92. The van der Waals surface area contributed by atoms with Crippen LogP contribution in [0, 0.1) is 6.92 Å². The summed E-state index contributed by atoms with van der Waals surface area (Å²) in [6, 6.07) is 14.6. The van der Waals surface area contributed by atoms with Gasteiger partial charge < -0.3 is 10.1 Å². The van der Waals surface area contributed by atoms with Crippen molar-refractivity contribution in [1.29, 1.82) is 0 Å². The van der Waals surface area contributed by atoms with Crippen molar-refractivity contribution in [3.8, 4) is 5.75 Å². The molecular formula is C17H16N2O3S. The summed E-state index contributed by atoms with van der Waals surface area (Å²) in [4.78, 5) is 26.0. The van der Waals surface area contributed by atoms with Crippen molar-refractivity contribution in [3.05, 3.63) is 54.1 Å². The molecule has 1 aliphatic heterocycles. The highest BCUT2D eigenvalue weighted by atomic mass is 32.2. The summed E-state index contributed by atoms with van der Waals surface area (Å²) < 4.78 is 5.16. The number of rotatable bonds is 4. The van der Waals surface area contributed by atoms with Gasteiger partial charge in [0.25, 0.3) is 11.1 Å². The highest BCUT2D eigenvalue weighted by molar-refractivity contribution is 8.16. The van der Waals surface area contributed by atoms with Crippen molar-refractivity contribution in [2.24, 2.45) is 0 Å². The molecule has 3 rings (SSSR count). The molecule has 1 atom stereocenters. The lowest BCUT2D eigenvalue weighted by molar-refractivity contribution is -0.116. The average molecular weight is 328 g/mol. The topological polar surface area (TPSA) is 58.6 Å². The van der Waals surface area contributed by atoms with Gasteiger partial charge in [0.2, 0.25) is 0 Å². The molecular weight excluding hydrogens is 312 g/mol. The maximum atomic E-state index is 12.6. The summed E-state index contributed by atoms with van der Waals surface area (Å²) >= 11 is 0.976. The number of methoxy groups -OCH3 is 1. The molecule has 2 aromatic rings. The van der Waals surface area contributed by atoms with E-state index in [1.807, 2.05) is 43.3 Å². The smallest absolute Gasteiger partial charge is 0.295 e. The molecule has 0 spiro atoms. The Bertz CT molecular complexity index is 763. The number of imide groups is 1. The zero-order valence-corrected chi connectivity index (χ0v) is 13.6. The maximum absolute atomic E-state index is 12.6. The molecule has 1 fully saturated rings. The fourth-order valence-electron chi connectivity index (χ4n) is 2.37. The van der Waals surface area contributed by atoms with Crippen molar-refractivity contribution in [2.45, 2.75) is 12.3 Å². The zero-order valence-electron chi connectivity index (χ0n) is 12.8. The zero-order chi connectivity index (χ0) is 16.4. The van der Waals surface area contributed by atoms with Crippen molar-refractivity contribution in [3.63, 3.8) is 0 Å². The summed E-state index contributed by atoms with van der Waals surface area (Å²) in [7, 11) is 1.58. The number of carbonyl (C=O) groups excluding carboxylic acids is 2. The van der Waals surface area contributed by atoms with Crippen LogP contribution in [-0.4, -0.2) is 23.6 Å². The lowest BCUT2D eigenvalue weighted by Crippen LogP contribution is -2.34. The maximum Gasteiger partial charge on any atom is 0.295 e. The van der Waals surface area contributed by atoms with Gasteiger partial charge in [0.05, 0.1) is 12.8 Å². The van der Waals surface area contributed by atoms with Gasteiger partial charge in [-0.25, -0.2) is 4.90 Å². The number of hydrogen-bond donors (Lipinski definition) is 1. The number of anilines is 2. The minimum atomic E-state index is -0.643. The van der Waals surface area contributed by atoms with Crippen LogP contribution in [0.25, 0.3) is 0 Å². The molecule has 1 saturated heterocycles. The van der Waals surface area contributed by atoms with Gasteiger partial charge in [0, 0.05) is 11.8 Å². The van der Waals surface area contributed by atoms with Crippen LogP contribution in [0.1, 0.15) is 5.56 Å². The molecule has 2 aromatic carbocycles. The Kier molecular flexibility index (Phi) is 4.25. The van der Waals surface area contributed by atoms with Gasteiger partial charge in [0.15, 0.2) is 5.37 Å². The second-order valence-electron chi connectivity index (χ2n) is 5.15. The second kappa shape index (κ2) is 6.34. The van der Waals surface area contributed by atoms with Gasteiger partial charge in [-0.2, -0.15) is 0 Å². The molecule has 2 amide bonds. The lowest BCUT2D eigenvalue weighted by Gasteiger charge is -2.15. The molecule has 0 bridgehead atoms. The molecule has 6 heteroatoms. The van der Waals surface area contributed by atoms with E-state index in [1.54, 1.807) is 19.2 Å². The second-order valence-corrected chi connectivity index (χ2v) is 6.21. The molecule has 5 nitrogen and oxygen atoms in total. The number of amides is 2. The van der Waals surface area contributed by atoms with Gasteiger partial charge >= 0.3 is 0 Å². The van der Waals surface area contributed by atoms with Crippen LogP contribution in [0.2, 0.25) is 0 Å². The van der Waals surface area contributed by atoms with E-state index in [0.29, 0.717) is 11.4 Å². The Morgan fingerprint density at radius 1 is 1.13 bits per heavy atom. The quantitative estimate of drug-likeness (QED) is 0.928. The monoisotopic (exact) mass is 328 g/mol. The van der Waals surface area contributed by atoms with E-state index < -0.39 is 5.37 Å². The van der Waals surface area contributed by atoms with Crippen LogP contribution >= 0.6 is 11.8 Å². The molecule has 0 radical (unpaired) electrons. The molecule has 0 aromatic heterocycles. The highest BCUT2D eigenvalue weighted by Gasteiger charge is 2.40. The number of hydrogen-bond acceptors (Lipinski definition) is 5. The van der Waals surface area contributed by atoms with Gasteiger partial charge in [-0.1, -0.05) is 18.2 Å². The predicted octanol–water partition coefficient (Wildman–Crippen LogP) is 3.64. The van der Waals surface area contributed by atoms with Crippen LogP contribution in [0.5, 0.6) is 5.75 Å².